The van der Waals surface area contributed by atoms with Crippen LogP contribution in [0.2, 0.25) is 0 Å². The first kappa shape index (κ1) is 25.8. The molecule has 0 unspecified atom stereocenters. The van der Waals surface area contributed by atoms with Crippen LogP contribution in [0.5, 0.6) is 11.5 Å². The first-order valence-electron chi connectivity index (χ1n) is 12.0. The van der Waals surface area contributed by atoms with E-state index in [9.17, 15) is 23.2 Å². The van der Waals surface area contributed by atoms with Crippen LogP contribution >= 0.6 is 0 Å². The monoisotopic (exact) mass is 535 g/mol. The van der Waals surface area contributed by atoms with Crippen LogP contribution < -0.4 is 20.1 Å². The number of alkyl halides is 2. The van der Waals surface area contributed by atoms with Gasteiger partial charge in [-0.1, -0.05) is 18.2 Å². The van der Waals surface area contributed by atoms with Crippen LogP contribution in [0.25, 0.3) is 5.65 Å². The molecule has 0 saturated heterocycles. The number of nitrogens with zero attached hydrogens (tertiary/aromatic N) is 3. The number of aromatic nitrogens is 3. The van der Waals surface area contributed by atoms with E-state index in [0.29, 0.717) is 18.2 Å². The minimum atomic E-state index is -3.34. The number of carbonyl (C=O) groups excluding carboxylic acids is 3. The Hall–Kier alpha value is -4.87. The highest BCUT2D eigenvalue weighted by Crippen LogP contribution is 2.25. The van der Waals surface area contributed by atoms with Crippen LogP contribution in [0.3, 0.4) is 0 Å². The van der Waals surface area contributed by atoms with E-state index in [1.807, 2.05) is 0 Å². The fraction of sp³-hybridized carbons (Fsp3) is 0.222. The Balaban J connectivity index is 1.28. The van der Waals surface area contributed by atoms with Gasteiger partial charge in [-0.2, -0.15) is 13.9 Å². The number of halogens is 2. The van der Waals surface area contributed by atoms with E-state index >= 15 is 0 Å². The average Bonchev–Trinajstić information content (AvgIpc) is 3.37. The number of fused-ring (bicyclic) bond motifs is 2. The highest BCUT2D eigenvalue weighted by Gasteiger charge is 2.23. The van der Waals surface area contributed by atoms with Crippen molar-refractivity contribution < 1.29 is 32.6 Å². The highest BCUT2D eigenvalue weighted by atomic mass is 19.3. The number of carbonyl (C=O) groups is 3. The summed E-state index contributed by atoms with van der Waals surface area (Å²) >= 11 is 0. The fourth-order valence-corrected chi connectivity index (χ4v) is 4.11. The second kappa shape index (κ2) is 10.5. The molecular weight excluding hydrogens is 512 g/mol. The van der Waals surface area contributed by atoms with Crippen LogP contribution in [-0.4, -0.2) is 44.9 Å². The Bertz CT molecular complexity index is 1580. The van der Waals surface area contributed by atoms with E-state index < -0.39 is 17.9 Å². The summed E-state index contributed by atoms with van der Waals surface area (Å²) in [6, 6.07) is 14.2. The summed E-state index contributed by atoms with van der Waals surface area (Å²) < 4.78 is 37.6. The van der Waals surface area contributed by atoms with Gasteiger partial charge in [0.1, 0.15) is 29.5 Å². The highest BCUT2D eigenvalue weighted by molar-refractivity contribution is 5.98. The Morgan fingerprint density at radius 1 is 1.05 bits per heavy atom. The predicted molar refractivity (Wildman–Crippen MR) is 134 cm³/mol. The third kappa shape index (κ3) is 6.17. The quantitative estimate of drug-likeness (QED) is 0.355. The molecule has 2 amide bonds. The van der Waals surface area contributed by atoms with Crippen LogP contribution in [-0.2, 0) is 24.3 Å². The van der Waals surface area contributed by atoms with Gasteiger partial charge in [0.05, 0.1) is 6.20 Å². The van der Waals surface area contributed by atoms with Crippen molar-refractivity contribution in [1.29, 1.82) is 0 Å². The molecule has 3 heterocycles. The molecule has 2 aromatic heterocycles. The van der Waals surface area contributed by atoms with E-state index in [1.54, 1.807) is 30.3 Å². The van der Waals surface area contributed by atoms with Crippen LogP contribution in [0.4, 0.5) is 8.78 Å². The van der Waals surface area contributed by atoms with Crippen molar-refractivity contribution in [1.82, 2.24) is 25.2 Å². The largest absolute Gasteiger partial charge is 0.486 e. The van der Waals surface area contributed by atoms with Gasteiger partial charge in [0.2, 0.25) is 0 Å². The van der Waals surface area contributed by atoms with Crippen molar-refractivity contribution >= 4 is 23.2 Å². The number of hydrogen-bond acceptors (Lipinski definition) is 7. The van der Waals surface area contributed by atoms with Crippen molar-refractivity contribution in [3.8, 4) is 11.5 Å². The minimum absolute atomic E-state index is 0.00481. The zero-order chi connectivity index (χ0) is 27.6. The molecule has 0 saturated carbocycles. The summed E-state index contributed by atoms with van der Waals surface area (Å²) in [5.74, 6) is -0.466. The molecule has 2 aromatic carbocycles. The maximum absolute atomic E-state index is 13.2. The molecule has 39 heavy (non-hydrogen) atoms. The topological polar surface area (TPSA) is 124 Å². The van der Waals surface area contributed by atoms with Gasteiger partial charge in [0.15, 0.2) is 11.4 Å². The number of rotatable bonds is 8. The van der Waals surface area contributed by atoms with Crippen molar-refractivity contribution in [3.63, 3.8) is 0 Å². The summed E-state index contributed by atoms with van der Waals surface area (Å²) in [5.41, 5.74) is 2.42. The number of benzene rings is 2. The Morgan fingerprint density at radius 2 is 1.82 bits per heavy atom. The first-order valence-corrected chi connectivity index (χ1v) is 12.0. The van der Waals surface area contributed by atoms with E-state index in [4.69, 9.17) is 4.74 Å². The third-order valence-corrected chi connectivity index (χ3v) is 5.83. The van der Waals surface area contributed by atoms with Crippen LogP contribution in [0.1, 0.15) is 44.6 Å². The molecule has 200 valence electrons. The van der Waals surface area contributed by atoms with E-state index in [-0.39, 0.29) is 54.7 Å². The standard InChI is InChI=1S/C27H23F2N5O5/c1-27(28,29)39-20-4-2-3-16(10-20)13-31-26(37)22-12-21(33-24-7-8-32-34(22)24)25(36)30-14-17-5-6-23-18(9-17)11-19(35)15-38-23/h2-10,12H,11,13-15H2,1H3,(H,30,36)(H,31,37). The lowest BCUT2D eigenvalue weighted by Gasteiger charge is -2.17. The van der Waals surface area contributed by atoms with Gasteiger partial charge < -0.3 is 20.1 Å². The molecule has 0 spiro atoms. The molecular formula is C27H23F2N5O5. The van der Waals surface area contributed by atoms with Crippen molar-refractivity contribution in [3.05, 3.63) is 88.9 Å². The third-order valence-electron chi connectivity index (χ3n) is 5.83. The number of Topliss-reactive ketones (excluding diaryl/α,β-unsaturated/α-hetero) is 1. The smallest absolute Gasteiger partial charge is 0.394 e. The van der Waals surface area contributed by atoms with Gasteiger partial charge >= 0.3 is 6.11 Å². The van der Waals surface area contributed by atoms with Gasteiger partial charge in [-0.05, 0) is 35.4 Å². The van der Waals surface area contributed by atoms with Crippen LogP contribution in [0.15, 0.2) is 60.8 Å². The fourth-order valence-electron chi connectivity index (χ4n) is 4.11. The van der Waals surface area contributed by atoms with Gasteiger partial charge in [0.25, 0.3) is 11.8 Å². The Morgan fingerprint density at radius 3 is 2.62 bits per heavy atom. The number of amides is 2. The normalized spacial score (nSPS) is 12.9. The molecule has 4 aromatic rings. The van der Waals surface area contributed by atoms with Gasteiger partial charge in [-0.25, -0.2) is 9.50 Å². The molecule has 0 fully saturated rings. The molecule has 2 N–H and O–H groups in total. The van der Waals surface area contributed by atoms with Gasteiger partial charge in [0, 0.05) is 44.1 Å². The first-order chi connectivity index (χ1) is 18.6. The molecule has 10 nitrogen and oxygen atoms in total. The summed E-state index contributed by atoms with van der Waals surface area (Å²) in [5, 5.41) is 9.59. The number of ketones is 1. The molecule has 0 atom stereocenters. The molecule has 12 heteroatoms. The average molecular weight is 536 g/mol. The lowest BCUT2D eigenvalue weighted by atomic mass is 10.0. The van der Waals surface area contributed by atoms with Crippen molar-refractivity contribution in [2.45, 2.75) is 32.5 Å². The predicted octanol–water partition coefficient (Wildman–Crippen LogP) is 3.08. The maximum Gasteiger partial charge on any atom is 0.394 e. The Labute approximate surface area is 220 Å². The van der Waals surface area contributed by atoms with E-state index in [1.165, 1.54) is 35.0 Å². The number of nitrogens with one attached hydrogen (secondary N) is 2. The molecule has 0 radical (unpaired) electrons. The summed E-state index contributed by atoms with van der Waals surface area (Å²) in [6.45, 7) is 0.879. The van der Waals surface area contributed by atoms with Gasteiger partial charge in [-0.15, -0.1) is 0 Å². The lowest BCUT2D eigenvalue weighted by Crippen LogP contribution is -2.28. The SMILES string of the molecule is CC(F)(F)Oc1cccc(CNC(=O)c2cc(C(=O)NCc3ccc4c(c3)CC(=O)CO4)nc3ccnn23)c1. The minimum Gasteiger partial charge on any atom is -0.486 e. The molecule has 5 rings (SSSR count). The van der Waals surface area contributed by atoms with Crippen molar-refractivity contribution in [2.75, 3.05) is 6.61 Å². The summed E-state index contributed by atoms with van der Waals surface area (Å²) in [7, 11) is 0. The summed E-state index contributed by atoms with van der Waals surface area (Å²) in [4.78, 5) is 41.9. The molecule has 1 aliphatic rings. The zero-order valence-corrected chi connectivity index (χ0v) is 20.7. The number of ether oxygens (including phenoxy) is 2. The summed E-state index contributed by atoms with van der Waals surface area (Å²) in [6.07, 6.45) is -1.62. The van der Waals surface area contributed by atoms with E-state index in [2.05, 4.69) is 25.5 Å². The zero-order valence-electron chi connectivity index (χ0n) is 20.7. The molecule has 1 aliphatic heterocycles. The second-order valence-corrected chi connectivity index (χ2v) is 9.00. The second-order valence-electron chi connectivity index (χ2n) is 9.00. The van der Waals surface area contributed by atoms with E-state index in [0.717, 1.165) is 11.1 Å². The number of hydrogen-bond donors (Lipinski definition) is 2. The maximum atomic E-state index is 13.2. The van der Waals surface area contributed by atoms with Gasteiger partial charge in [-0.3, -0.25) is 14.4 Å². The molecule has 0 bridgehead atoms. The Kier molecular flexibility index (Phi) is 6.92. The van der Waals surface area contributed by atoms with Crippen LogP contribution in [0, 0.1) is 0 Å². The molecule has 0 aliphatic carbocycles. The lowest BCUT2D eigenvalue weighted by molar-refractivity contribution is -0.159. The van der Waals surface area contributed by atoms with Crippen molar-refractivity contribution in [2.24, 2.45) is 0 Å².